The standard InChI is InChI=1S/C13H22O4/c14-13(11-7-3-1-5-9-15-11)17-12-8-4-2-6-10-16-12/h11-12H,1-10H2. The van der Waals surface area contributed by atoms with Gasteiger partial charge in [0, 0.05) is 13.0 Å². The van der Waals surface area contributed by atoms with E-state index in [1.165, 1.54) is 0 Å². The molecule has 2 rings (SSSR count). The van der Waals surface area contributed by atoms with Gasteiger partial charge in [0.25, 0.3) is 0 Å². The van der Waals surface area contributed by atoms with Gasteiger partial charge < -0.3 is 14.2 Å². The molecule has 4 heteroatoms. The van der Waals surface area contributed by atoms with Gasteiger partial charge in [0.15, 0.2) is 6.10 Å². The first kappa shape index (κ1) is 12.8. The Balaban J connectivity index is 1.77. The molecular formula is C13H22O4. The second kappa shape index (κ2) is 6.97. The van der Waals surface area contributed by atoms with Crippen molar-refractivity contribution in [1.29, 1.82) is 0 Å². The second-order valence-corrected chi connectivity index (χ2v) is 4.80. The quantitative estimate of drug-likeness (QED) is 0.697. The van der Waals surface area contributed by atoms with E-state index in [1.54, 1.807) is 0 Å². The van der Waals surface area contributed by atoms with Crippen LogP contribution in [0.5, 0.6) is 0 Å². The molecule has 0 N–H and O–H groups in total. The van der Waals surface area contributed by atoms with Gasteiger partial charge in [0.1, 0.15) is 0 Å². The second-order valence-electron chi connectivity index (χ2n) is 4.80. The summed E-state index contributed by atoms with van der Waals surface area (Å²) in [6.45, 7) is 1.37. The van der Waals surface area contributed by atoms with Gasteiger partial charge in [-0.05, 0) is 25.7 Å². The maximum atomic E-state index is 11.9. The molecule has 2 heterocycles. The number of esters is 1. The highest BCUT2D eigenvalue weighted by Gasteiger charge is 2.26. The average Bonchev–Trinajstić information content (AvgIpc) is 2.72. The highest BCUT2D eigenvalue weighted by molar-refractivity contribution is 5.74. The Morgan fingerprint density at radius 2 is 1.59 bits per heavy atom. The molecule has 0 aromatic rings. The zero-order valence-electron chi connectivity index (χ0n) is 10.4. The molecule has 0 aromatic heterocycles. The zero-order valence-corrected chi connectivity index (χ0v) is 10.4. The summed E-state index contributed by atoms with van der Waals surface area (Å²) in [5.41, 5.74) is 0. The van der Waals surface area contributed by atoms with Gasteiger partial charge >= 0.3 is 5.97 Å². The zero-order chi connectivity index (χ0) is 11.9. The lowest BCUT2D eigenvalue weighted by Crippen LogP contribution is -2.31. The Morgan fingerprint density at radius 1 is 0.882 bits per heavy atom. The molecule has 0 aliphatic carbocycles. The molecule has 4 nitrogen and oxygen atoms in total. The van der Waals surface area contributed by atoms with Crippen LogP contribution in [0.25, 0.3) is 0 Å². The summed E-state index contributed by atoms with van der Waals surface area (Å²) < 4.78 is 16.4. The number of carbonyl (C=O) groups is 1. The predicted octanol–water partition coefficient (Wildman–Crippen LogP) is 2.41. The van der Waals surface area contributed by atoms with Crippen LogP contribution in [0.15, 0.2) is 0 Å². The topological polar surface area (TPSA) is 44.8 Å². The lowest BCUT2D eigenvalue weighted by Gasteiger charge is -2.19. The van der Waals surface area contributed by atoms with Gasteiger partial charge in [-0.25, -0.2) is 4.79 Å². The minimum absolute atomic E-state index is 0.237. The SMILES string of the molecule is O=C(OC1CCCCCO1)C1CCCCCO1. The Bertz CT molecular complexity index is 226. The van der Waals surface area contributed by atoms with Crippen molar-refractivity contribution in [2.45, 2.75) is 63.8 Å². The molecule has 0 saturated carbocycles. The van der Waals surface area contributed by atoms with Gasteiger partial charge in [-0.15, -0.1) is 0 Å². The van der Waals surface area contributed by atoms with Gasteiger partial charge in [-0.3, -0.25) is 0 Å². The summed E-state index contributed by atoms with van der Waals surface area (Å²) in [4.78, 5) is 11.9. The molecule has 2 fully saturated rings. The van der Waals surface area contributed by atoms with Gasteiger partial charge in [0.05, 0.1) is 6.61 Å². The van der Waals surface area contributed by atoms with E-state index in [1.807, 2.05) is 0 Å². The number of hydrogen-bond acceptors (Lipinski definition) is 4. The van der Waals surface area contributed by atoms with Crippen LogP contribution in [0.1, 0.15) is 51.4 Å². The van der Waals surface area contributed by atoms with Crippen molar-refractivity contribution in [2.24, 2.45) is 0 Å². The molecule has 0 amide bonds. The summed E-state index contributed by atoms with van der Waals surface area (Å²) in [7, 11) is 0. The first-order chi connectivity index (χ1) is 8.36. The summed E-state index contributed by atoms with van der Waals surface area (Å²) >= 11 is 0. The molecule has 17 heavy (non-hydrogen) atoms. The number of rotatable bonds is 2. The molecule has 0 bridgehead atoms. The van der Waals surface area contributed by atoms with Crippen LogP contribution in [-0.4, -0.2) is 31.6 Å². The maximum absolute atomic E-state index is 11.9. The summed E-state index contributed by atoms with van der Waals surface area (Å²) in [5, 5.41) is 0. The van der Waals surface area contributed by atoms with Crippen LogP contribution in [0, 0.1) is 0 Å². The van der Waals surface area contributed by atoms with E-state index in [-0.39, 0.29) is 18.4 Å². The van der Waals surface area contributed by atoms with Crippen molar-refractivity contribution in [3.05, 3.63) is 0 Å². The summed E-state index contributed by atoms with van der Waals surface area (Å²) in [6, 6.07) is 0. The van der Waals surface area contributed by atoms with E-state index < -0.39 is 0 Å². The molecule has 2 aliphatic heterocycles. The Morgan fingerprint density at radius 3 is 2.41 bits per heavy atom. The molecule has 0 radical (unpaired) electrons. The average molecular weight is 242 g/mol. The van der Waals surface area contributed by atoms with Gasteiger partial charge in [-0.1, -0.05) is 19.3 Å². The van der Waals surface area contributed by atoms with Crippen molar-refractivity contribution in [2.75, 3.05) is 13.2 Å². The fraction of sp³-hybridized carbons (Fsp3) is 0.923. The third-order valence-corrected chi connectivity index (χ3v) is 3.33. The van der Waals surface area contributed by atoms with E-state index in [0.29, 0.717) is 13.2 Å². The largest absolute Gasteiger partial charge is 0.434 e. The van der Waals surface area contributed by atoms with Crippen LogP contribution in [-0.2, 0) is 19.0 Å². The maximum Gasteiger partial charge on any atom is 0.337 e. The molecule has 2 aliphatic rings. The molecule has 0 spiro atoms. The molecular weight excluding hydrogens is 220 g/mol. The van der Waals surface area contributed by atoms with E-state index in [2.05, 4.69) is 0 Å². The summed E-state index contributed by atoms with van der Waals surface area (Å²) in [5.74, 6) is -0.237. The molecule has 98 valence electrons. The Hall–Kier alpha value is -0.610. The highest BCUT2D eigenvalue weighted by atomic mass is 16.7. The number of ether oxygens (including phenoxy) is 3. The third kappa shape index (κ3) is 4.28. The fourth-order valence-electron chi connectivity index (χ4n) is 2.29. The first-order valence-corrected chi connectivity index (χ1v) is 6.80. The lowest BCUT2D eigenvalue weighted by atomic mass is 10.1. The Kier molecular flexibility index (Phi) is 5.26. The third-order valence-electron chi connectivity index (χ3n) is 3.33. The van der Waals surface area contributed by atoms with Crippen molar-refractivity contribution in [1.82, 2.24) is 0 Å². The van der Waals surface area contributed by atoms with Crippen LogP contribution in [0.3, 0.4) is 0 Å². The van der Waals surface area contributed by atoms with Crippen LogP contribution < -0.4 is 0 Å². The Labute approximate surface area is 103 Å². The van der Waals surface area contributed by atoms with E-state index >= 15 is 0 Å². The minimum Gasteiger partial charge on any atom is -0.434 e. The highest BCUT2D eigenvalue weighted by Crippen LogP contribution is 2.18. The fourth-order valence-corrected chi connectivity index (χ4v) is 2.29. The van der Waals surface area contributed by atoms with E-state index in [4.69, 9.17) is 14.2 Å². The molecule has 0 aromatic carbocycles. The van der Waals surface area contributed by atoms with E-state index in [9.17, 15) is 4.79 Å². The van der Waals surface area contributed by atoms with Gasteiger partial charge in [-0.2, -0.15) is 0 Å². The van der Waals surface area contributed by atoms with Crippen molar-refractivity contribution in [3.8, 4) is 0 Å². The van der Waals surface area contributed by atoms with Gasteiger partial charge in [0.2, 0.25) is 6.29 Å². The normalized spacial score (nSPS) is 31.3. The minimum atomic E-state index is -0.371. The lowest BCUT2D eigenvalue weighted by molar-refractivity contribution is -0.190. The molecule has 2 unspecified atom stereocenters. The van der Waals surface area contributed by atoms with Crippen LogP contribution in [0.4, 0.5) is 0 Å². The van der Waals surface area contributed by atoms with Crippen molar-refractivity contribution >= 4 is 5.97 Å². The van der Waals surface area contributed by atoms with Crippen LogP contribution in [0.2, 0.25) is 0 Å². The predicted molar refractivity (Wildman–Crippen MR) is 62.5 cm³/mol. The van der Waals surface area contributed by atoms with Crippen molar-refractivity contribution < 1.29 is 19.0 Å². The summed E-state index contributed by atoms with van der Waals surface area (Å²) in [6.07, 6.45) is 7.41. The molecule has 2 atom stereocenters. The number of hydrogen-bond donors (Lipinski definition) is 0. The van der Waals surface area contributed by atoms with Crippen LogP contribution >= 0.6 is 0 Å². The number of carbonyl (C=O) groups excluding carboxylic acids is 1. The smallest absolute Gasteiger partial charge is 0.337 e. The molecule has 2 saturated heterocycles. The monoisotopic (exact) mass is 242 g/mol. The van der Waals surface area contributed by atoms with Crippen molar-refractivity contribution in [3.63, 3.8) is 0 Å². The first-order valence-electron chi connectivity index (χ1n) is 6.80. The van der Waals surface area contributed by atoms with E-state index in [0.717, 1.165) is 51.4 Å².